The number of carbonyl (C=O) groups is 1. The molecule has 1 aliphatic rings. The topological polar surface area (TPSA) is 67.7 Å². The number of piperazine rings is 1. The highest BCUT2D eigenvalue weighted by molar-refractivity contribution is 5.68. The molecule has 2 heterocycles. The van der Waals surface area contributed by atoms with E-state index in [0.717, 1.165) is 5.82 Å². The summed E-state index contributed by atoms with van der Waals surface area (Å²) in [5.74, 6) is 1.13. The van der Waals surface area contributed by atoms with Crippen LogP contribution in [0.1, 0.15) is 34.6 Å². The number of carbonyl (C=O) groups excluding carboxylic acids is 1. The van der Waals surface area contributed by atoms with Crippen LogP contribution in [0.25, 0.3) is 0 Å². The van der Waals surface area contributed by atoms with Crippen molar-refractivity contribution >= 4 is 11.9 Å². The quantitative estimate of drug-likeness (QED) is 0.844. The molecule has 0 aromatic carbocycles. The third-order valence-electron chi connectivity index (χ3n) is 3.65. The van der Waals surface area contributed by atoms with Gasteiger partial charge in [-0.15, -0.1) is 0 Å². The molecule has 1 fully saturated rings. The molecular formula is C17H28N4O3. The van der Waals surface area contributed by atoms with Crippen molar-refractivity contribution in [2.45, 2.75) is 46.8 Å². The van der Waals surface area contributed by atoms with Crippen LogP contribution < -0.4 is 10.5 Å². The number of rotatable bonds is 3. The molecule has 7 nitrogen and oxygen atoms in total. The van der Waals surface area contributed by atoms with Crippen LogP contribution in [0, 0.1) is 5.92 Å². The summed E-state index contributed by atoms with van der Waals surface area (Å²) in [6.07, 6.45) is -0.278. The molecule has 134 valence electrons. The van der Waals surface area contributed by atoms with Crippen LogP contribution in [0.5, 0.6) is 0 Å². The Labute approximate surface area is 143 Å². The van der Waals surface area contributed by atoms with E-state index in [4.69, 9.17) is 4.74 Å². The van der Waals surface area contributed by atoms with Crippen molar-refractivity contribution in [1.82, 2.24) is 14.7 Å². The van der Waals surface area contributed by atoms with Crippen molar-refractivity contribution in [3.63, 3.8) is 0 Å². The monoisotopic (exact) mass is 336 g/mol. The fourth-order valence-corrected chi connectivity index (χ4v) is 2.53. The van der Waals surface area contributed by atoms with Gasteiger partial charge in [-0.1, -0.05) is 13.8 Å². The molecule has 7 heteroatoms. The number of ether oxygens (including phenoxy) is 1. The Balaban J connectivity index is 1.99. The van der Waals surface area contributed by atoms with Crippen LogP contribution in [0.3, 0.4) is 0 Å². The molecule has 0 spiro atoms. The number of hydrogen-bond donors (Lipinski definition) is 0. The van der Waals surface area contributed by atoms with Crippen molar-refractivity contribution in [3.05, 3.63) is 22.5 Å². The van der Waals surface area contributed by atoms with Gasteiger partial charge >= 0.3 is 6.09 Å². The largest absolute Gasteiger partial charge is 0.444 e. The van der Waals surface area contributed by atoms with Crippen molar-refractivity contribution in [2.75, 3.05) is 31.1 Å². The zero-order chi connectivity index (χ0) is 17.9. The van der Waals surface area contributed by atoms with Gasteiger partial charge < -0.3 is 14.5 Å². The molecule has 0 unspecified atom stereocenters. The summed E-state index contributed by atoms with van der Waals surface area (Å²) < 4.78 is 6.92. The van der Waals surface area contributed by atoms with E-state index in [9.17, 15) is 9.59 Å². The van der Waals surface area contributed by atoms with E-state index in [1.165, 1.54) is 4.68 Å². The van der Waals surface area contributed by atoms with Gasteiger partial charge in [0.05, 0.1) is 0 Å². The third kappa shape index (κ3) is 4.97. The first-order valence-corrected chi connectivity index (χ1v) is 8.47. The van der Waals surface area contributed by atoms with Gasteiger partial charge in [0.15, 0.2) is 0 Å². The Kier molecular flexibility index (Phi) is 5.51. The normalized spacial score (nSPS) is 15.8. The first-order valence-electron chi connectivity index (χ1n) is 8.47. The fraction of sp³-hybridized carbons (Fsp3) is 0.706. The maximum absolute atomic E-state index is 12.1. The first-order chi connectivity index (χ1) is 11.2. The lowest BCUT2D eigenvalue weighted by atomic mass is 10.2. The molecule has 1 saturated heterocycles. The zero-order valence-electron chi connectivity index (χ0n) is 15.3. The lowest BCUT2D eigenvalue weighted by molar-refractivity contribution is 0.0240. The van der Waals surface area contributed by atoms with E-state index in [1.54, 1.807) is 17.0 Å². The van der Waals surface area contributed by atoms with Crippen LogP contribution in [0.4, 0.5) is 10.6 Å². The van der Waals surface area contributed by atoms with Crippen LogP contribution in [-0.4, -0.2) is 52.6 Å². The molecule has 0 N–H and O–H groups in total. The highest BCUT2D eigenvalue weighted by Gasteiger charge is 2.26. The van der Waals surface area contributed by atoms with Crippen molar-refractivity contribution in [2.24, 2.45) is 5.92 Å². The average Bonchev–Trinajstić information content (AvgIpc) is 2.47. The second-order valence-corrected chi connectivity index (χ2v) is 7.56. The maximum Gasteiger partial charge on any atom is 0.410 e. The van der Waals surface area contributed by atoms with Crippen LogP contribution in [-0.2, 0) is 11.3 Å². The van der Waals surface area contributed by atoms with E-state index in [0.29, 0.717) is 38.6 Å². The molecule has 1 aliphatic heterocycles. The molecule has 1 amide bonds. The number of nitrogens with zero attached hydrogens (tertiary/aromatic N) is 4. The van der Waals surface area contributed by atoms with Gasteiger partial charge in [-0.05, 0) is 32.8 Å². The number of hydrogen-bond acceptors (Lipinski definition) is 5. The molecule has 0 bridgehead atoms. The van der Waals surface area contributed by atoms with Gasteiger partial charge in [0.25, 0.3) is 5.56 Å². The van der Waals surface area contributed by atoms with E-state index in [1.807, 2.05) is 20.8 Å². The minimum absolute atomic E-state index is 0.0835. The van der Waals surface area contributed by atoms with E-state index < -0.39 is 5.60 Å². The molecule has 1 aromatic rings. The summed E-state index contributed by atoms with van der Waals surface area (Å²) in [5, 5.41) is 4.46. The van der Waals surface area contributed by atoms with Gasteiger partial charge in [0, 0.05) is 38.8 Å². The molecule has 2 rings (SSSR count). The molecule has 0 radical (unpaired) electrons. The molecule has 0 aliphatic carbocycles. The zero-order valence-corrected chi connectivity index (χ0v) is 15.3. The summed E-state index contributed by atoms with van der Waals surface area (Å²) in [6, 6.07) is 3.31. The van der Waals surface area contributed by atoms with Gasteiger partial charge in [-0.2, -0.15) is 5.10 Å². The Morgan fingerprint density at radius 2 is 1.83 bits per heavy atom. The second-order valence-electron chi connectivity index (χ2n) is 7.56. The van der Waals surface area contributed by atoms with Gasteiger partial charge in [0.1, 0.15) is 11.4 Å². The smallest absolute Gasteiger partial charge is 0.410 e. The second kappa shape index (κ2) is 7.23. The van der Waals surface area contributed by atoms with Gasteiger partial charge in [-0.3, -0.25) is 4.79 Å². The Hall–Kier alpha value is -2.05. The lowest BCUT2D eigenvalue weighted by Gasteiger charge is -2.36. The lowest BCUT2D eigenvalue weighted by Crippen LogP contribution is -2.50. The Morgan fingerprint density at radius 3 is 2.38 bits per heavy atom. The Bertz CT molecular complexity index is 625. The van der Waals surface area contributed by atoms with E-state index >= 15 is 0 Å². The van der Waals surface area contributed by atoms with Crippen molar-refractivity contribution in [3.8, 4) is 0 Å². The maximum atomic E-state index is 12.1. The van der Waals surface area contributed by atoms with Gasteiger partial charge in [0.2, 0.25) is 0 Å². The van der Waals surface area contributed by atoms with Crippen LogP contribution in [0.2, 0.25) is 0 Å². The Morgan fingerprint density at radius 1 is 1.21 bits per heavy atom. The van der Waals surface area contributed by atoms with Crippen molar-refractivity contribution in [1.29, 1.82) is 0 Å². The standard InChI is InChI=1S/C17H28N4O3/c1-13(2)12-21-15(22)7-6-14(18-21)19-8-10-20(11-9-19)16(23)24-17(3,4)5/h6-7,13H,8-12H2,1-5H3. The van der Waals surface area contributed by atoms with Crippen LogP contribution >= 0.6 is 0 Å². The van der Waals surface area contributed by atoms with Crippen LogP contribution in [0.15, 0.2) is 16.9 Å². The number of anilines is 1. The molecule has 1 aromatic heterocycles. The summed E-state index contributed by atoms with van der Waals surface area (Å²) in [4.78, 5) is 27.8. The van der Waals surface area contributed by atoms with E-state index in [-0.39, 0.29) is 11.7 Å². The summed E-state index contributed by atoms with van der Waals surface area (Å²) in [7, 11) is 0. The molecule has 0 atom stereocenters. The summed E-state index contributed by atoms with van der Waals surface area (Å²) >= 11 is 0. The predicted molar refractivity (Wildman–Crippen MR) is 93.4 cm³/mol. The minimum atomic E-state index is -0.484. The third-order valence-corrected chi connectivity index (χ3v) is 3.65. The fourth-order valence-electron chi connectivity index (χ4n) is 2.53. The predicted octanol–water partition coefficient (Wildman–Crippen LogP) is 1.96. The van der Waals surface area contributed by atoms with Crippen molar-refractivity contribution < 1.29 is 9.53 Å². The molecule has 0 saturated carbocycles. The SMILES string of the molecule is CC(C)Cn1nc(N2CCN(C(=O)OC(C)(C)C)CC2)ccc1=O. The minimum Gasteiger partial charge on any atom is -0.444 e. The molecular weight excluding hydrogens is 308 g/mol. The van der Waals surface area contributed by atoms with E-state index in [2.05, 4.69) is 23.8 Å². The number of amides is 1. The molecule has 24 heavy (non-hydrogen) atoms. The number of aromatic nitrogens is 2. The highest BCUT2D eigenvalue weighted by atomic mass is 16.6. The summed E-state index contributed by atoms with van der Waals surface area (Å²) in [5.41, 5.74) is -0.567. The first kappa shape index (κ1) is 18.3. The average molecular weight is 336 g/mol. The van der Waals surface area contributed by atoms with Gasteiger partial charge in [-0.25, -0.2) is 9.48 Å². The highest BCUT2D eigenvalue weighted by Crippen LogP contribution is 2.15. The summed E-state index contributed by atoms with van der Waals surface area (Å²) in [6.45, 7) is 12.8.